The van der Waals surface area contributed by atoms with Gasteiger partial charge < -0.3 is 14.6 Å². The van der Waals surface area contributed by atoms with Crippen LogP contribution in [-0.2, 0) is 4.79 Å². The number of aromatic nitrogens is 2. The number of carbonyl (C=O) groups excluding carboxylic acids is 1. The van der Waals surface area contributed by atoms with Crippen molar-refractivity contribution in [3.8, 4) is 28.6 Å². The SMILES string of the molecule is CC(C)NC(=O)COc1ccccc1-c1noc(-c2cccc(Cl)c2)n1. The average molecular weight is 372 g/mol. The molecular formula is C19H18ClN3O3. The summed E-state index contributed by atoms with van der Waals surface area (Å²) in [6.45, 7) is 3.69. The molecule has 1 aromatic heterocycles. The number of nitrogens with one attached hydrogen (secondary N) is 1. The Bertz CT molecular complexity index is 908. The summed E-state index contributed by atoms with van der Waals surface area (Å²) in [5.41, 5.74) is 1.37. The number of benzene rings is 2. The van der Waals surface area contributed by atoms with E-state index in [0.717, 1.165) is 5.56 Å². The van der Waals surface area contributed by atoms with Crippen molar-refractivity contribution < 1.29 is 14.1 Å². The van der Waals surface area contributed by atoms with E-state index in [-0.39, 0.29) is 18.6 Å². The molecule has 1 heterocycles. The normalized spacial score (nSPS) is 10.8. The Morgan fingerprint density at radius 2 is 2.04 bits per heavy atom. The van der Waals surface area contributed by atoms with Crippen LogP contribution in [0, 0.1) is 0 Å². The van der Waals surface area contributed by atoms with Gasteiger partial charge in [-0.05, 0) is 44.2 Å². The highest BCUT2D eigenvalue weighted by atomic mass is 35.5. The van der Waals surface area contributed by atoms with Gasteiger partial charge in [0.15, 0.2) is 6.61 Å². The Labute approximate surface area is 156 Å². The van der Waals surface area contributed by atoms with Crippen LogP contribution < -0.4 is 10.1 Å². The third kappa shape index (κ3) is 4.40. The minimum Gasteiger partial charge on any atom is -0.483 e. The smallest absolute Gasteiger partial charge is 0.258 e. The van der Waals surface area contributed by atoms with E-state index in [1.54, 1.807) is 18.2 Å². The molecule has 0 bridgehead atoms. The molecule has 0 saturated heterocycles. The monoisotopic (exact) mass is 371 g/mol. The van der Waals surface area contributed by atoms with E-state index in [4.69, 9.17) is 20.9 Å². The summed E-state index contributed by atoms with van der Waals surface area (Å²) in [6, 6.07) is 14.4. The van der Waals surface area contributed by atoms with Crippen molar-refractivity contribution in [1.82, 2.24) is 15.5 Å². The maximum atomic E-state index is 11.8. The lowest BCUT2D eigenvalue weighted by atomic mass is 10.2. The van der Waals surface area contributed by atoms with E-state index in [2.05, 4.69) is 15.5 Å². The predicted molar refractivity (Wildman–Crippen MR) is 99.0 cm³/mol. The molecule has 0 aliphatic carbocycles. The van der Waals surface area contributed by atoms with Gasteiger partial charge in [0.1, 0.15) is 5.75 Å². The van der Waals surface area contributed by atoms with Gasteiger partial charge in [0, 0.05) is 16.6 Å². The highest BCUT2D eigenvalue weighted by molar-refractivity contribution is 6.30. The first-order chi connectivity index (χ1) is 12.5. The summed E-state index contributed by atoms with van der Waals surface area (Å²) in [4.78, 5) is 16.2. The fourth-order valence-electron chi connectivity index (χ4n) is 2.36. The minimum atomic E-state index is -0.192. The molecule has 7 heteroatoms. The first-order valence-corrected chi connectivity index (χ1v) is 8.52. The summed E-state index contributed by atoms with van der Waals surface area (Å²) in [5, 5.41) is 7.38. The molecule has 0 atom stereocenters. The van der Waals surface area contributed by atoms with Crippen LogP contribution in [0.4, 0.5) is 0 Å². The molecule has 0 radical (unpaired) electrons. The molecule has 3 rings (SSSR count). The highest BCUT2D eigenvalue weighted by Crippen LogP contribution is 2.30. The van der Waals surface area contributed by atoms with E-state index < -0.39 is 0 Å². The van der Waals surface area contributed by atoms with Crippen LogP contribution in [0.5, 0.6) is 5.75 Å². The summed E-state index contributed by atoms with van der Waals surface area (Å²) < 4.78 is 11.0. The number of halogens is 1. The Morgan fingerprint density at radius 1 is 1.23 bits per heavy atom. The van der Waals surface area contributed by atoms with Crippen molar-refractivity contribution in [2.24, 2.45) is 0 Å². The Hall–Kier alpha value is -2.86. The number of hydrogen-bond acceptors (Lipinski definition) is 5. The molecule has 0 spiro atoms. The molecule has 1 amide bonds. The number of ether oxygens (including phenoxy) is 1. The van der Waals surface area contributed by atoms with Gasteiger partial charge in [0.25, 0.3) is 11.8 Å². The van der Waals surface area contributed by atoms with E-state index in [1.165, 1.54) is 0 Å². The molecule has 0 aliphatic rings. The van der Waals surface area contributed by atoms with Crippen molar-refractivity contribution in [1.29, 1.82) is 0 Å². The standard InChI is InChI=1S/C19H18ClN3O3/c1-12(2)21-17(24)11-25-16-9-4-3-8-15(16)18-22-19(26-23-18)13-6-5-7-14(20)10-13/h3-10,12H,11H2,1-2H3,(H,21,24). The fourth-order valence-corrected chi connectivity index (χ4v) is 2.55. The van der Waals surface area contributed by atoms with E-state index >= 15 is 0 Å². The van der Waals surface area contributed by atoms with E-state index in [9.17, 15) is 4.79 Å². The number of rotatable bonds is 6. The van der Waals surface area contributed by atoms with Crippen LogP contribution in [0.15, 0.2) is 53.1 Å². The zero-order valence-corrected chi connectivity index (χ0v) is 15.2. The summed E-state index contributed by atoms with van der Waals surface area (Å²) >= 11 is 6.00. The molecule has 26 heavy (non-hydrogen) atoms. The molecule has 6 nitrogen and oxygen atoms in total. The summed E-state index contributed by atoms with van der Waals surface area (Å²) in [6.07, 6.45) is 0. The van der Waals surface area contributed by atoms with Crippen LogP contribution in [0.25, 0.3) is 22.8 Å². The van der Waals surface area contributed by atoms with E-state index in [1.807, 2.05) is 44.2 Å². The third-order valence-electron chi connectivity index (χ3n) is 3.43. The average Bonchev–Trinajstić information content (AvgIpc) is 3.09. The summed E-state index contributed by atoms with van der Waals surface area (Å²) in [5.74, 6) is 1.04. The number of nitrogens with zero attached hydrogens (tertiary/aromatic N) is 2. The number of amides is 1. The van der Waals surface area contributed by atoms with Crippen molar-refractivity contribution in [2.45, 2.75) is 19.9 Å². The van der Waals surface area contributed by atoms with Gasteiger partial charge in [-0.3, -0.25) is 4.79 Å². The van der Waals surface area contributed by atoms with Crippen LogP contribution in [-0.4, -0.2) is 28.7 Å². The van der Waals surface area contributed by atoms with Gasteiger partial charge in [-0.15, -0.1) is 0 Å². The highest BCUT2D eigenvalue weighted by Gasteiger charge is 2.15. The second-order valence-electron chi connectivity index (χ2n) is 5.94. The minimum absolute atomic E-state index is 0.0544. The maximum absolute atomic E-state index is 11.8. The van der Waals surface area contributed by atoms with Crippen molar-refractivity contribution in [2.75, 3.05) is 6.61 Å². The number of carbonyl (C=O) groups is 1. The maximum Gasteiger partial charge on any atom is 0.258 e. The quantitative estimate of drug-likeness (QED) is 0.709. The molecule has 1 N–H and O–H groups in total. The van der Waals surface area contributed by atoms with E-state index in [0.29, 0.717) is 28.1 Å². The third-order valence-corrected chi connectivity index (χ3v) is 3.67. The van der Waals surface area contributed by atoms with Gasteiger partial charge in [-0.2, -0.15) is 4.98 Å². The molecule has 0 aliphatic heterocycles. The molecule has 3 aromatic rings. The number of para-hydroxylation sites is 1. The Kier molecular flexibility index (Phi) is 5.53. The predicted octanol–water partition coefficient (Wildman–Crippen LogP) is 3.96. The first-order valence-electron chi connectivity index (χ1n) is 8.14. The molecular weight excluding hydrogens is 354 g/mol. The van der Waals surface area contributed by atoms with Crippen molar-refractivity contribution >= 4 is 17.5 Å². The van der Waals surface area contributed by atoms with Gasteiger partial charge in [-0.25, -0.2) is 0 Å². The molecule has 134 valence electrons. The van der Waals surface area contributed by atoms with Gasteiger partial charge in [0.2, 0.25) is 5.82 Å². The molecule has 0 fully saturated rings. The molecule has 2 aromatic carbocycles. The first kappa shape index (κ1) is 17.9. The van der Waals surface area contributed by atoms with Crippen LogP contribution >= 0.6 is 11.6 Å². The Balaban J connectivity index is 1.81. The topological polar surface area (TPSA) is 77.2 Å². The molecule has 0 saturated carbocycles. The van der Waals surface area contributed by atoms with Gasteiger partial charge >= 0.3 is 0 Å². The van der Waals surface area contributed by atoms with Gasteiger partial charge in [-0.1, -0.05) is 35.0 Å². The van der Waals surface area contributed by atoms with Crippen LogP contribution in [0.2, 0.25) is 5.02 Å². The van der Waals surface area contributed by atoms with Crippen LogP contribution in [0.3, 0.4) is 0 Å². The second kappa shape index (κ2) is 8.01. The zero-order chi connectivity index (χ0) is 18.5. The summed E-state index contributed by atoms with van der Waals surface area (Å²) in [7, 11) is 0. The van der Waals surface area contributed by atoms with Crippen LogP contribution in [0.1, 0.15) is 13.8 Å². The van der Waals surface area contributed by atoms with Crippen molar-refractivity contribution in [3.05, 3.63) is 53.6 Å². The number of hydrogen-bond donors (Lipinski definition) is 1. The second-order valence-corrected chi connectivity index (χ2v) is 6.38. The fraction of sp³-hybridized carbons (Fsp3) is 0.211. The zero-order valence-electron chi connectivity index (χ0n) is 14.4. The largest absolute Gasteiger partial charge is 0.483 e. The van der Waals surface area contributed by atoms with Crippen molar-refractivity contribution in [3.63, 3.8) is 0 Å². The molecule has 0 unspecified atom stereocenters. The lowest BCUT2D eigenvalue weighted by Gasteiger charge is -2.11. The van der Waals surface area contributed by atoms with Gasteiger partial charge in [0.05, 0.1) is 5.56 Å². The Morgan fingerprint density at radius 3 is 2.81 bits per heavy atom. The lowest BCUT2D eigenvalue weighted by molar-refractivity contribution is -0.123. The lowest BCUT2D eigenvalue weighted by Crippen LogP contribution is -2.34.